The molecule has 0 aromatic heterocycles. The van der Waals surface area contributed by atoms with E-state index in [2.05, 4.69) is 15.9 Å². The molecule has 0 heterocycles. The summed E-state index contributed by atoms with van der Waals surface area (Å²) in [5, 5.41) is -0.123. The van der Waals surface area contributed by atoms with Gasteiger partial charge < -0.3 is 23.9 Å². The summed E-state index contributed by atoms with van der Waals surface area (Å²) in [5.74, 6) is -0.270. The second-order valence-corrected chi connectivity index (χ2v) is 6.39. The summed E-state index contributed by atoms with van der Waals surface area (Å²) in [7, 11) is -4.61. The minimum absolute atomic E-state index is 0.123. The number of benzene rings is 1. The van der Waals surface area contributed by atoms with Gasteiger partial charge in [0.05, 0.1) is 12.0 Å². The molecule has 0 aliphatic rings. The van der Waals surface area contributed by atoms with Crippen LogP contribution in [0.3, 0.4) is 0 Å². The van der Waals surface area contributed by atoms with Crippen LogP contribution in [0.15, 0.2) is 28.7 Å². The van der Waals surface area contributed by atoms with Crippen molar-refractivity contribution in [1.29, 1.82) is 0 Å². The topological polar surface area (TPSA) is 107 Å². The van der Waals surface area contributed by atoms with Crippen molar-refractivity contribution in [2.75, 3.05) is 6.61 Å². The van der Waals surface area contributed by atoms with Gasteiger partial charge in [-0.3, -0.25) is 4.79 Å². The van der Waals surface area contributed by atoms with Gasteiger partial charge in [-0.2, -0.15) is 0 Å². The van der Waals surface area contributed by atoms with Gasteiger partial charge >= 0.3 is 15.0 Å². The van der Waals surface area contributed by atoms with Gasteiger partial charge in [-0.15, -0.1) is 11.6 Å². The van der Waals surface area contributed by atoms with Gasteiger partial charge in [0.15, 0.2) is 0 Å². The Morgan fingerprint density at radius 2 is 1.95 bits per heavy atom. The molecule has 0 radical (unpaired) electrons. The molecule has 0 saturated heterocycles. The fraction of sp³-hybridized carbons (Fsp3) is 0.364. The molecular formula is C11H16BrClO6Si. The second-order valence-electron chi connectivity index (χ2n) is 3.75. The lowest BCUT2D eigenvalue weighted by Crippen LogP contribution is -2.33. The smallest absolute Gasteiger partial charge is 0.466 e. The number of carbonyl (C=O) groups excluding carboxylic acids is 1. The predicted octanol–water partition coefficient (Wildman–Crippen LogP) is 1.07. The molecule has 6 nitrogen and oxygen atoms in total. The fourth-order valence-electron chi connectivity index (χ4n) is 1.17. The molecule has 1 rings (SSSR count). The molecule has 1 aromatic carbocycles. The van der Waals surface area contributed by atoms with Crippen LogP contribution in [0.4, 0.5) is 0 Å². The van der Waals surface area contributed by atoms with E-state index in [1.165, 1.54) is 6.92 Å². The Hall–Kier alpha value is -0.483. The zero-order chi connectivity index (χ0) is 15.8. The van der Waals surface area contributed by atoms with E-state index in [0.29, 0.717) is 13.0 Å². The van der Waals surface area contributed by atoms with Gasteiger partial charge in [0, 0.05) is 17.8 Å². The first-order valence-corrected chi connectivity index (χ1v) is 8.54. The second kappa shape index (κ2) is 9.45. The minimum atomic E-state index is -4.61. The van der Waals surface area contributed by atoms with Crippen LogP contribution < -0.4 is 0 Å². The number of rotatable bonds is 4. The standard InChI is InChI=1S/C11H12BrClO2.H4O4Si/c1-8(14)15-6-5-11(13)9-3-2-4-10(12)7-9;1-5(2,3)4/h2-4,7,11H,5-6H2,1H3;1-4H. The Bertz CT molecular complexity index is 420. The van der Waals surface area contributed by atoms with E-state index in [1.807, 2.05) is 24.3 Å². The molecule has 0 fully saturated rings. The minimum Gasteiger partial charge on any atom is -0.466 e. The molecule has 0 saturated carbocycles. The fourth-order valence-corrected chi connectivity index (χ4v) is 1.82. The predicted molar refractivity (Wildman–Crippen MR) is 78.6 cm³/mol. The van der Waals surface area contributed by atoms with Crippen molar-refractivity contribution in [3.63, 3.8) is 0 Å². The highest BCUT2D eigenvalue weighted by atomic mass is 79.9. The Kier molecular flexibility index (Phi) is 9.22. The lowest BCUT2D eigenvalue weighted by molar-refractivity contribution is -0.141. The third kappa shape index (κ3) is 12.5. The highest BCUT2D eigenvalue weighted by Gasteiger charge is 2.22. The molecule has 9 heteroatoms. The average Bonchev–Trinajstić information content (AvgIpc) is 2.26. The Morgan fingerprint density at radius 3 is 2.40 bits per heavy atom. The maximum Gasteiger partial charge on any atom is 0.668 e. The van der Waals surface area contributed by atoms with Crippen LogP contribution in [0.1, 0.15) is 24.3 Å². The highest BCUT2D eigenvalue weighted by Crippen LogP contribution is 2.26. The SMILES string of the molecule is CC(=O)OCCC(Cl)c1cccc(Br)c1.O[Si](O)(O)O. The summed E-state index contributed by atoms with van der Waals surface area (Å²) >= 11 is 9.53. The Morgan fingerprint density at radius 1 is 1.40 bits per heavy atom. The highest BCUT2D eigenvalue weighted by molar-refractivity contribution is 9.10. The van der Waals surface area contributed by atoms with E-state index in [4.69, 9.17) is 35.5 Å². The number of ether oxygens (including phenoxy) is 1. The molecule has 1 unspecified atom stereocenters. The van der Waals surface area contributed by atoms with Gasteiger partial charge in [0.25, 0.3) is 0 Å². The number of alkyl halides is 1. The number of carbonyl (C=O) groups is 1. The van der Waals surface area contributed by atoms with Crippen molar-refractivity contribution in [3.05, 3.63) is 34.3 Å². The van der Waals surface area contributed by atoms with E-state index < -0.39 is 9.05 Å². The van der Waals surface area contributed by atoms with E-state index in [9.17, 15) is 4.79 Å². The Labute approximate surface area is 131 Å². The number of hydrogen-bond acceptors (Lipinski definition) is 6. The van der Waals surface area contributed by atoms with Crippen molar-refractivity contribution in [2.45, 2.75) is 18.7 Å². The van der Waals surface area contributed by atoms with Crippen LogP contribution in [-0.2, 0) is 9.53 Å². The summed E-state index contributed by atoms with van der Waals surface area (Å²) in [6, 6.07) is 7.79. The van der Waals surface area contributed by atoms with Gasteiger partial charge in [-0.05, 0) is 17.7 Å². The van der Waals surface area contributed by atoms with Gasteiger partial charge in [0.1, 0.15) is 0 Å². The van der Waals surface area contributed by atoms with Crippen molar-refractivity contribution in [3.8, 4) is 0 Å². The van der Waals surface area contributed by atoms with Crippen LogP contribution in [0, 0.1) is 0 Å². The lowest BCUT2D eigenvalue weighted by Gasteiger charge is -2.09. The van der Waals surface area contributed by atoms with Crippen LogP contribution in [0.2, 0.25) is 0 Å². The molecule has 0 aliphatic heterocycles. The molecule has 4 N–H and O–H groups in total. The van der Waals surface area contributed by atoms with Gasteiger partial charge in [-0.1, -0.05) is 28.1 Å². The summed E-state index contributed by atoms with van der Waals surface area (Å²) < 4.78 is 5.83. The normalized spacial score (nSPS) is 12.2. The molecule has 114 valence electrons. The molecule has 1 aromatic rings. The molecule has 1 atom stereocenters. The van der Waals surface area contributed by atoms with Gasteiger partial charge in [-0.25, -0.2) is 0 Å². The average molecular weight is 388 g/mol. The van der Waals surface area contributed by atoms with Crippen molar-refractivity contribution in [1.82, 2.24) is 0 Å². The molecular weight excluding hydrogens is 372 g/mol. The molecule has 0 bridgehead atoms. The summed E-state index contributed by atoms with van der Waals surface area (Å²) in [6.45, 7) is 1.75. The maximum absolute atomic E-state index is 10.5. The quantitative estimate of drug-likeness (QED) is 0.350. The van der Waals surface area contributed by atoms with Crippen LogP contribution in [0.25, 0.3) is 0 Å². The Balaban J connectivity index is 0.000000621. The molecule has 0 aliphatic carbocycles. The molecule has 0 amide bonds. The largest absolute Gasteiger partial charge is 0.668 e. The molecule has 0 spiro atoms. The number of esters is 1. The first-order chi connectivity index (χ1) is 9.09. The first-order valence-electron chi connectivity index (χ1n) is 5.52. The van der Waals surface area contributed by atoms with Crippen LogP contribution in [0.5, 0.6) is 0 Å². The van der Waals surface area contributed by atoms with Crippen LogP contribution >= 0.6 is 27.5 Å². The molecule has 20 heavy (non-hydrogen) atoms. The lowest BCUT2D eigenvalue weighted by atomic mass is 10.1. The third-order valence-electron chi connectivity index (χ3n) is 1.89. The monoisotopic (exact) mass is 386 g/mol. The zero-order valence-corrected chi connectivity index (χ0v) is 14.0. The van der Waals surface area contributed by atoms with Gasteiger partial charge in [0.2, 0.25) is 0 Å². The third-order valence-corrected chi connectivity index (χ3v) is 2.85. The van der Waals surface area contributed by atoms with E-state index in [-0.39, 0.29) is 11.3 Å². The summed E-state index contributed by atoms with van der Waals surface area (Å²) in [4.78, 5) is 39.8. The number of halogens is 2. The van der Waals surface area contributed by atoms with E-state index in [0.717, 1.165) is 10.0 Å². The summed E-state index contributed by atoms with van der Waals surface area (Å²) in [5.41, 5.74) is 1.03. The van der Waals surface area contributed by atoms with Crippen molar-refractivity contribution >= 4 is 42.5 Å². The summed E-state index contributed by atoms with van der Waals surface area (Å²) in [6.07, 6.45) is 0.623. The zero-order valence-electron chi connectivity index (χ0n) is 10.7. The van der Waals surface area contributed by atoms with Crippen LogP contribution in [-0.4, -0.2) is 40.8 Å². The maximum atomic E-state index is 10.5. The van der Waals surface area contributed by atoms with E-state index >= 15 is 0 Å². The van der Waals surface area contributed by atoms with Crippen molar-refractivity contribution < 1.29 is 28.7 Å². The number of hydrogen-bond donors (Lipinski definition) is 4. The van der Waals surface area contributed by atoms with E-state index in [1.54, 1.807) is 0 Å². The first kappa shape index (κ1) is 19.5. The van der Waals surface area contributed by atoms with Crippen molar-refractivity contribution in [2.24, 2.45) is 0 Å².